The van der Waals surface area contributed by atoms with Gasteiger partial charge in [-0.2, -0.15) is 4.98 Å². The molecular formula is C26H29F2N7O2. The van der Waals surface area contributed by atoms with Crippen molar-refractivity contribution in [1.29, 1.82) is 0 Å². The highest BCUT2D eigenvalue weighted by molar-refractivity contribution is 5.75. The van der Waals surface area contributed by atoms with Crippen molar-refractivity contribution >= 4 is 34.7 Å². The number of nitrogens with zero attached hydrogens (tertiary/aromatic N) is 3. The minimum absolute atomic E-state index is 0.0371. The zero-order valence-electron chi connectivity index (χ0n) is 20.6. The Morgan fingerprint density at radius 3 is 2.54 bits per heavy atom. The van der Waals surface area contributed by atoms with E-state index in [1.807, 2.05) is 24.3 Å². The monoisotopic (exact) mass is 509 g/mol. The molecule has 1 aromatic heterocycles. The Balaban J connectivity index is 1.40. The molecule has 1 atom stereocenters. The molecule has 5 rings (SSSR count). The molecule has 11 heteroatoms. The first-order valence-electron chi connectivity index (χ1n) is 12.2. The van der Waals surface area contributed by atoms with Crippen molar-refractivity contribution in [2.75, 3.05) is 28.0 Å². The number of carbonyl (C=O) groups excluding carboxylic acids is 1. The molecule has 37 heavy (non-hydrogen) atoms. The molecule has 0 bridgehead atoms. The van der Waals surface area contributed by atoms with E-state index in [9.17, 15) is 13.6 Å². The number of ether oxygens (including phenoxy) is 1. The lowest BCUT2D eigenvalue weighted by molar-refractivity contribution is -0.119. The molecule has 2 heterocycles. The molecular weight excluding hydrogens is 480 g/mol. The number of methoxy groups -OCH3 is 1. The minimum Gasteiger partial charge on any atom is -0.497 e. The summed E-state index contributed by atoms with van der Waals surface area (Å²) < 4.78 is 33.2. The van der Waals surface area contributed by atoms with Crippen LogP contribution in [0.3, 0.4) is 0 Å². The van der Waals surface area contributed by atoms with Crippen molar-refractivity contribution in [3.05, 3.63) is 60.3 Å². The van der Waals surface area contributed by atoms with E-state index in [0.717, 1.165) is 43.2 Å². The number of aromatic nitrogens is 2. The van der Waals surface area contributed by atoms with Gasteiger partial charge in [0.25, 0.3) is 0 Å². The minimum atomic E-state index is -0.681. The standard InChI is InChI=1S/C26H29F2N7O2/c1-15(36)30-17-4-8-19(9-5-17)35-24-23(33-26(35)32-22-12-3-16(27)13-21(22)28)14-29-25(34-24)31-18-6-10-20(37-2)11-7-18/h3,6-7,10-14,17,19,26,32-33H,4-5,8-9H2,1-2H3,(H,30,36)(H,29,31,34). The molecule has 1 unspecified atom stereocenters. The summed E-state index contributed by atoms with van der Waals surface area (Å²) in [4.78, 5) is 22.8. The molecule has 1 aliphatic heterocycles. The van der Waals surface area contributed by atoms with Crippen LogP contribution in [0.2, 0.25) is 0 Å². The highest BCUT2D eigenvalue weighted by atomic mass is 19.1. The Hall–Kier alpha value is -4.15. The Labute approximate surface area is 213 Å². The summed E-state index contributed by atoms with van der Waals surface area (Å²) >= 11 is 0. The highest BCUT2D eigenvalue weighted by Crippen LogP contribution is 2.39. The van der Waals surface area contributed by atoms with Crippen LogP contribution in [0.1, 0.15) is 32.6 Å². The van der Waals surface area contributed by atoms with Gasteiger partial charge in [0.1, 0.15) is 17.4 Å². The molecule has 4 N–H and O–H groups in total. The van der Waals surface area contributed by atoms with Crippen LogP contribution >= 0.6 is 0 Å². The van der Waals surface area contributed by atoms with Crippen LogP contribution in [0, 0.1) is 11.6 Å². The quantitative estimate of drug-likeness (QED) is 0.367. The van der Waals surface area contributed by atoms with Crippen molar-refractivity contribution in [3.63, 3.8) is 0 Å². The molecule has 0 spiro atoms. The summed E-state index contributed by atoms with van der Waals surface area (Å²) in [6.07, 6.45) is 4.41. The number of anilines is 5. The summed E-state index contributed by atoms with van der Waals surface area (Å²) in [6, 6.07) is 11.1. The van der Waals surface area contributed by atoms with Crippen LogP contribution in [0.15, 0.2) is 48.7 Å². The van der Waals surface area contributed by atoms with Gasteiger partial charge in [-0.15, -0.1) is 0 Å². The SMILES string of the molecule is COc1ccc(Nc2ncc3c(n2)N(C2CCC(NC(C)=O)CC2)C(Nc2ccc(F)cc2F)N3)cc1. The zero-order valence-corrected chi connectivity index (χ0v) is 20.6. The number of halogens is 2. The van der Waals surface area contributed by atoms with Gasteiger partial charge in [-0.1, -0.05) is 0 Å². The summed E-state index contributed by atoms with van der Waals surface area (Å²) in [5.74, 6) is 0.474. The molecule has 1 fully saturated rings. The third-order valence-corrected chi connectivity index (χ3v) is 6.65. The number of amides is 1. The van der Waals surface area contributed by atoms with E-state index in [1.165, 1.54) is 19.1 Å². The van der Waals surface area contributed by atoms with Gasteiger partial charge in [0.05, 0.1) is 24.7 Å². The predicted molar refractivity (Wildman–Crippen MR) is 138 cm³/mol. The van der Waals surface area contributed by atoms with E-state index in [2.05, 4.69) is 31.2 Å². The van der Waals surface area contributed by atoms with Crippen LogP contribution in [0.4, 0.5) is 37.6 Å². The van der Waals surface area contributed by atoms with Crippen LogP contribution in [-0.2, 0) is 4.79 Å². The van der Waals surface area contributed by atoms with E-state index >= 15 is 0 Å². The number of benzene rings is 2. The second-order valence-corrected chi connectivity index (χ2v) is 9.21. The van der Waals surface area contributed by atoms with Gasteiger partial charge in [0.2, 0.25) is 11.9 Å². The van der Waals surface area contributed by atoms with E-state index in [1.54, 1.807) is 13.3 Å². The number of rotatable bonds is 7. The molecule has 1 aliphatic carbocycles. The topological polar surface area (TPSA) is 103 Å². The fourth-order valence-corrected chi connectivity index (χ4v) is 4.90. The van der Waals surface area contributed by atoms with Gasteiger partial charge in [0, 0.05) is 30.8 Å². The Morgan fingerprint density at radius 2 is 1.86 bits per heavy atom. The zero-order chi connectivity index (χ0) is 25.9. The normalized spacial score (nSPS) is 20.5. The van der Waals surface area contributed by atoms with Crippen molar-refractivity contribution in [1.82, 2.24) is 15.3 Å². The maximum atomic E-state index is 14.5. The summed E-state index contributed by atoms with van der Waals surface area (Å²) in [5, 5.41) is 12.7. The van der Waals surface area contributed by atoms with Crippen LogP contribution < -0.4 is 30.9 Å². The predicted octanol–water partition coefficient (Wildman–Crippen LogP) is 4.58. The van der Waals surface area contributed by atoms with E-state index in [-0.39, 0.29) is 23.7 Å². The number of nitrogens with one attached hydrogen (secondary N) is 4. The lowest BCUT2D eigenvalue weighted by Gasteiger charge is -2.39. The molecule has 9 nitrogen and oxygen atoms in total. The molecule has 2 aromatic carbocycles. The van der Waals surface area contributed by atoms with Gasteiger partial charge in [-0.3, -0.25) is 4.79 Å². The molecule has 194 valence electrons. The summed E-state index contributed by atoms with van der Waals surface area (Å²) in [7, 11) is 1.61. The average Bonchev–Trinajstić information content (AvgIpc) is 3.23. The largest absolute Gasteiger partial charge is 0.497 e. The van der Waals surface area contributed by atoms with Gasteiger partial charge in [0.15, 0.2) is 12.1 Å². The first kappa shape index (κ1) is 24.5. The lowest BCUT2D eigenvalue weighted by Crippen LogP contribution is -2.51. The van der Waals surface area contributed by atoms with Crippen molar-refractivity contribution in [3.8, 4) is 5.75 Å². The average molecular weight is 510 g/mol. The lowest BCUT2D eigenvalue weighted by atomic mass is 9.90. The molecule has 1 amide bonds. The molecule has 0 saturated heterocycles. The molecule has 3 aromatic rings. The van der Waals surface area contributed by atoms with Crippen LogP contribution in [-0.4, -0.2) is 41.4 Å². The van der Waals surface area contributed by atoms with Gasteiger partial charge >= 0.3 is 0 Å². The van der Waals surface area contributed by atoms with Gasteiger partial charge in [-0.05, 0) is 62.1 Å². The smallest absolute Gasteiger partial charge is 0.229 e. The van der Waals surface area contributed by atoms with Crippen molar-refractivity contribution < 1.29 is 18.3 Å². The van der Waals surface area contributed by atoms with Gasteiger partial charge in [-0.25, -0.2) is 13.8 Å². The van der Waals surface area contributed by atoms with Crippen LogP contribution in [0.5, 0.6) is 5.75 Å². The number of carbonyl (C=O) groups is 1. The fraction of sp³-hybridized carbons (Fsp3) is 0.346. The first-order chi connectivity index (χ1) is 17.9. The fourth-order valence-electron chi connectivity index (χ4n) is 4.90. The summed E-state index contributed by atoms with van der Waals surface area (Å²) in [6.45, 7) is 1.53. The van der Waals surface area contributed by atoms with E-state index in [0.29, 0.717) is 17.5 Å². The van der Waals surface area contributed by atoms with Gasteiger partial charge < -0.3 is 30.9 Å². The molecule has 0 radical (unpaired) electrons. The second kappa shape index (κ2) is 10.5. The van der Waals surface area contributed by atoms with Crippen molar-refractivity contribution in [2.24, 2.45) is 0 Å². The Bertz CT molecular complexity index is 1270. The van der Waals surface area contributed by atoms with Crippen LogP contribution in [0.25, 0.3) is 0 Å². The van der Waals surface area contributed by atoms with Crippen molar-refractivity contribution in [2.45, 2.75) is 51.0 Å². The third kappa shape index (κ3) is 5.50. The third-order valence-electron chi connectivity index (χ3n) is 6.65. The number of hydrogen-bond acceptors (Lipinski definition) is 8. The maximum Gasteiger partial charge on any atom is 0.229 e. The second-order valence-electron chi connectivity index (χ2n) is 9.21. The van der Waals surface area contributed by atoms with E-state index in [4.69, 9.17) is 9.72 Å². The molecule has 1 saturated carbocycles. The van der Waals surface area contributed by atoms with E-state index < -0.39 is 17.9 Å². The Kier molecular flexibility index (Phi) is 6.93. The number of fused-ring (bicyclic) bond motifs is 1. The molecule has 2 aliphatic rings. The maximum absolute atomic E-state index is 14.5. The first-order valence-corrected chi connectivity index (χ1v) is 12.2. The number of hydrogen-bond donors (Lipinski definition) is 4. The summed E-state index contributed by atoms with van der Waals surface area (Å²) in [5.41, 5.74) is 1.68. The highest BCUT2D eigenvalue weighted by Gasteiger charge is 2.38. The Morgan fingerprint density at radius 1 is 1.11 bits per heavy atom.